The molecule has 1 aromatic carbocycles. The van der Waals surface area contributed by atoms with Crippen molar-refractivity contribution >= 4 is 12.1 Å². The highest BCUT2D eigenvalue weighted by molar-refractivity contribution is 5.86. The van der Waals surface area contributed by atoms with Crippen molar-refractivity contribution in [1.29, 1.82) is 0 Å². The number of nitrogens with one attached hydrogen (secondary N) is 1. The van der Waals surface area contributed by atoms with E-state index in [4.69, 9.17) is 4.74 Å². The second-order valence-electron chi connectivity index (χ2n) is 6.55. The predicted molar refractivity (Wildman–Crippen MR) is 108 cm³/mol. The highest BCUT2D eigenvalue weighted by atomic mass is 16.5. The zero-order valence-corrected chi connectivity index (χ0v) is 16.0. The number of carbonyl (C=O) groups excluding carboxylic acids is 1. The Morgan fingerprint density at radius 3 is 2.64 bits per heavy atom. The third-order valence-electron chi connectivity index (χ3n) is 4.24. The Hall–Kier alpha value is -3.41. The molecule has 0 fully saturated rings. The van der Waals surface area contributed by atoms with Gasteiger partial charge >= 0.3 is 0 Å². The van der Waals surface area contributed by atoms with Crippen LogP contribution in [0.4, 0.5) is 5.82 Å². The topological polar surface area (TPSA) is 84.3 Å². The monoisotopic (exact) mass is 377 g/mol. The van der Waals surface area contributed by atoms with Gasteiger partial charge in [0.25, 0.3) is 0 Å². The molecule has 2 heterocycles. The normalized spacial score (nSPS) is 10.5. The molecular weight excluding hydrogens is 354 g/mol. The smallest absolute Gasteiger partial charge is 0.154 e. The van der Waals surface area contributed by atoms with Crippen LogP contribution in [0.3, 0.4) is 0 Å². The van der Waals surface area contributed by atoms with Crippen molar-refractivity contribution in [2.24, 2.45) is 0 Å². The third kappa shape index (κ3) is 4.65. The van der Waals surface area contributed by atoms with Gasteiger partial charge in [0.15, 0.2) is 6.29 Å². The average Bonchev–Trinajstić information content (AvgIpc) is 2.69. The average molecular weight is 377 g/mol. The summed E-state index contributed by atoms with van der Waals surface area (Å²) in [5.74, 6) is 1.83. The van der Waals surface area contributed by atoms with E-state index in [1.165, 1.54) is 0 Å². The number of hydrogen-bond acceptors (Lipinski definition) is 6. The minimum absolute atomic E-state index is 0.196. The number of benzene rings is 1. The van der Waals surface area contributed by atoms with Crippen LogP contribution in [-0.4, -0.2) is 27.9 Å². The van der Waals surface area contributed by atoms with Gasteiger partial charge in [-0.3, -0.25) is 9.78 Å². The minimum Gasteiger partial charge on any atom is -0.508 e. The number of aldehydes is 1. The molecule has 6 nitrogen and oxygen atoms in total. The number of phenols is 1. The summed E-state index contributed by atoms with van der Waals surface area (Å²) < 4.78 is 6.03. The summed E-state index contributed by atoms with van der Waals surface area (Å²) in [7, 11) is 0. The number of phenolic OH excluding ortho intramolecular Hbond substituents is 1. The van der Waals surface area contributed by atoms with Gasteiger partial charge in [0.1, 0.15) is 23.1 Å². The van der Waals surface area contributed by atoms with Crippen molar-refractivity contribution in [2.75, 3.05) is 11.9 Å². The SMILES string of the molecule is CCCNc1ncc(Oc2cncc(C)c2)c(Cc2ccc(O)cc2)c1C=O. The lowest BCUT2D eigenvalue weighted by Gasteiger charge is -2.16. The second kappa shape index (κ2) is 8.99. The van der Waals surface area contributed by atoms with E-state index < -0.39 is 0 Å². The van der Waals surface area contributed by atoms with Gasteiger partial charge in [0.05, 0.1) is 18.0 Å². The van der Waals surface area contributed by atoms with Crippen LogP contribution in [0.1, 0.15) is 40.4 Å². The molecule has 0 saturated carbocycles. The van der Waals surface area contributed by atoms with E-state index in [1.807, 2.05) is 32.0 Å². The quantitative estimate of drug-likeness (QED) is 0.562. The maximum Gasteiger partial charge on any atom is 0.154 e. The number of aryl methyl sites for hydroxylation is 1. The standard InChI is InChI=1S/C22H23N3O3/c1-3-8-24-22-20(14-26)19(10-16-4-6-17(27)7-5-16)21(13-25-22)28-18-9-15(2)11-23-12-18/h4-7,9,11-14,27H,3,8,10H2,1-2H3,(H,24,25). The molecule has 6 heteroatoms. The number of carbonyl (C=O) groups is 1. The molecule has 3 aromatic rings. The summed E-state index contributed by atoms with van der Waals surface area (Å²) in [6.07, 6.45) is 7.19. The van der Waals surface area contributed by atoms with E-state index in [9.17, 15) is 9.90 Å². The Bertz CT molecular complexity index is 956. The molecule has 0 aliphatic heterocycles. The van der Waals surface area contributed by atoms with Gasteiger partial charge in [-0.1, -0.05) is 19.1 Å². The van der Waals surface area contributed by atoms with Gasteiger partial charge < -0.3 is 15.2 Å². The van der Waals surface area contributed by atoms with Crippen LogP contribution in [0.15, 0.2) is 48.9 Å². The molecule has 0 amide bonds. The molecule has 0 saturated heterocycles. The third-order valence-corrected chi connectivity index (χ3v) is 4.24. The van der Waals surface area contributed by atoms with Crippen molar-refractivity contribution in [1.82, 2.24) is 9.97 Å². The van der Waals surface area contributed by atoms with Crippen LogP contribution in [0, 0.1) is 6.92 Å². The molecule has 0 aliphatic carbocycles. The molecular formula is C22H23N3O3. The fraction of sp³-hybridized carbons (Fsp3) is 0.227. The molecule has 0 atom stereocenters. The fourth-order valence-corrected chi connectivity index (χ4v) is 2.86. The first-order valence-corrected chi connectivity index (χ1v) is 9.19. The first-order chi connectivity index (χ1) is 13.6. The zero-order valence-electron chi connectivity index (χ0n) is 16.0. The van der Waals surface area contributed by atoms with Crippen LogP contribution in [-0.2, 0) is 6.42 Å². The number of anilines is 1. The van der Waals surface area contributed by atoms with Crippen LogP contribution < -0.4 is 10.1 Å². The van der Waals surface area contributed by atoms with E-state index >= 15 is 0 Å². The van der Waals surface area contributed by atoms with Gasteiger partial charge in [-0.2, -0.15) is 0 Å². The summed E-state index contributed by atoms with van der Waals surface area (Å²) in [5.41, 5.74) is 3.12. The number of pyridine rings is 2. The molecule has 0 spiro atoms. The summed E-state index contributed by atoms with van der Waals surface area (Å²) in [4.78, 5) is 20.5. The molecule has 2 N–H and O–H groups in total. The van der Waals surface area contributed by atoms with E-state index in [0.717, 1.165) is 29.4 Å². The van der Waals surface area contributed by atoms with Crippen LogP contribution in [0.5, 0.6) is 17.2 Å². The minimum atomic E-state index is 0.196. The number of ether oxygens (including phenoxy) is 1. The fourth-order valence-electron chi connectivity index (χ4n) is 2.86. The van der Waals surface area contributed by atoms with Crippen LogP contribution >= 0.6 is 0 Å². The lowest BCUT2D eigenvalue weighted by molar-refractivity contribution is 0.112. The molecule has 28 heavy (non-hydrogen) atoms. The van der Waals surface area contributed by atoms with E-state index in [0.29, 0.717) is 35.8 Å². The Morgan fingerprint density at radius 2 is 1.96 bits per heavy atom. The number of aromatic hydroxyl groups is 1. The van der Waals surface area contributed by atoms with E-state index in [2.05, 4.69) is 15.3 Å². The first kappa shape index (κ1) is 19.4. The summed E-state index contributed by atoms with van der Waals surface area (Å²) in [6.45, 7) is 4.70. The van der Waals surface area contributed by atoms with Crippen LogP contribution in [0.2, 0.25) is 0 Å². The van der Waals surface area contributed by atoms with Crippen molar-refractivity contribution in [3.63, 3.8) is 0 Å². The van der Waals surface area contributed by atoms with Gasteiger partial charge in [-0.15, -0.1) is 0 Å². The number of aromatic nitrogens is 2. The highest BCUT2D eigenvalue weighted by Gasteiger charge is 2.17. The Morgan fingerprint density at radius 1 is 1.18 bits per heavy atom. The zero-order chi connectivity index (χ0) is 19.9. The molecule has 0 unspecified atom stereocenters. The van der Waals surface area contributed by atoms with Gasteiger partial charge in [0, 0.05) is 24.7 Å². The molecule has 3 rings (SSSR count). The molecule has 0 radical (unpaired) electrons. The highest BCUT2D eigenvalue weighted by Crippen LogP contribution is 2.32. The van der Waals surface area contributed by atoms with E-state index in [1.54, 1.807) is 30.7 Å². The maximum atomic E-state index is 11.9. The molecule has 0 bridgehead atoms. The van der Waals surface area contributed by atoms with Crippen molar-refractivity contribution < 1.29 is 14.6 Å². The van der Waals surface area contributed by atoms with E-state index in [-0.39, 0.29) is 5.75 Å². The predicted octanol–water partition coefficient (Wildman–Crippen LogP) is 4.51. The first-order valence-electron chi connectivity index (χ1n) is 9.19. The molecule has 2 aromatic heterocycles. The number of nitrogens with zero attached hydrogens (tertiary/aromatic N) is 2. The second-order valence-corrected chi connectivity index (χ2v) is 6.55. The summed E-state index contributed by atoms with van der Waals surface area (Å²) in [6, 6.07) is 8.76. The number of rotatable bonds is 8. The van der Waals surface area contributed by atoms with Gasteiger partial charge in [-0.05, 0) is 42.7 Å². The molecule has 0 aliphatic rings. The van der Waals surface area contributed by atoms with Gasteiger partial charge in [-0.25, -0.2) is 4.98 Å². The van der Waals surface area contributed by atoms with Crippen LogP contribution in [0.25, 0.3) is 0 Å². The van der Waals surface area contributed by atoms with Crippen molar-refractivity contribution in [3.05, 3.63) is 71.2 Å². The van der Waals surface area contributed by atoms with Crippen molar-refractivity contribution in [3.8, 4) is 17.2 Å². The maximum absolute atomic E-state index is 11.9. The lowest BCUT2D eigenvalue weighted by Crippen LogP contribution is -2.09. The summed E-state index contributed by atoms with van der Waals surface area (Å²) in [5, 5.41) is 12.7. The van der Waals surface area contributed by atoms with Crippen molar-refractivity contribution in [2.45, 2.75) is 26.7 Å². The Kier molecular flexibility index (Phi) is 6.22. The van der Waals surface area contributed by atoms with Gasteiger partial charge in [0.2, 0.25) is 0 Å². The summed E-state index contributed by atoms with van der Waals surface area (Å²) >= 11 is 0. The largest absolute Gasteiger partial charge is 0.508 e. The Labute approximate surface area is 164 Å². The lowest BCUT2D eigenvalue weighted by atomic mass is 10.00. The Balaban J connectivity index is 2.03. The number of hydrogen-bond donors (Lipinski definition) is 2. The molecule has 144 valence electrons.